The minimum Gasteiger partial charge on any atom is -0.550 e. The van der Waals surface area contributed by atoms with Crippen molar-refractivity contribution in [3.05, 3.63) is 18.2 Å². The fraction of sp³-hybridized carbons (Fsp3) is 0.545. The van der Waals surface area contributed by atoms with Crippen molar-refractivity contribution in [3.8, 4) is 0 Å². The SMILES string of the molecule is CC(=O)O.CC(=O)[O-].CCn1cc[n+](C)c1C. The summed E-state index contributed by atoms with van der Waals surface area (Å²) >= 11 is 0. The number of aromatic nitrogens is 2. The standard InChI is InChI=1S/C7H13N2.2C2H4O2/c1-4-9-6-5-8(3)7(9)2;2*1-2(3)4/h5-6H,4H2,1-3H3;2*1H3,(H,3,4)/q+1;;/p-1. The average Bonchev–Trinajstić information content (AvgIpc) is 2.45. The molecule has 1 N–H and O–H groups in total. The van der Waals surface area contributed by atoms with E-state index in [2.05, 4.69) is 42.4 Å². The molecule has 0 amide bonds. The van der Waals surface area contributed by atoms with E-state index in [1.807, 2.05) is 0 Å². The van der Waals surface area contributed by atoms with Crippen LogP contribution in [-0.4, -0.2) is 21.6 Å². The second-order valence-corrected chi connectivity index (χ2v) is 3.25. The van der Waals surface area contributed by atoms with Gasteiger partial charge in [0.2, 0.25) is 0 Å². The maximum Gasteiger partial charge on any atom is 0.300 e. The van der Waals surface area contributed by atoms with E-state index in [0.717, 1.165) is 20.4 Å². The number of rotatable bonds is 1. The summed E-state index contributed by atoms with van der Waals surface area (Å²) < 4.78 is 4.32. The number of hydrogen-bond acceptors (Lipinski definition) is 3. The lowest BCUT2D eigenvalue weighted by Gasteiger charge is -1.90. The van der Waals surface area contributed by atoms with Gasteiger partial charge in [0, 0.05) is 19.8 Å². The molecule has 1 aromatic rings. The molecule has 0 unspecified atom stereocenters. The Balaban J connectivity index is 0. The third kappa shape index (κ3) is 12.1. The molecular formula is C11H20N2O4. The fourth-order valence-electron chi connectivity index (χ4n) is 0.933. The van der Waals surface area contributed by atoms with Crippen LogP contribution in [0.15, 0.2) is 12.4 Å². The quantitative estimate of drug-likeness (QED) is 0.674. The third-order valence-electron chi connectivity index (χ3n) is 1.74. The van der Waals surface area contributed by atoms with Crippen molar-refractivity contribution in [1.82, 2.24) is 4.57 Å². The van der Waals surface area contributed by atoms with Crippen molar-refractivity contribution in [1.29, 1.82) is 0 Å². The van der Waals surface area contributed by atoms with Crippen LogP contribution in [0.3, 0.4) is 0 Å². The highest BCUT2D eigenvalue weighted by atomic mass is 16.4. The molecule has 0 aliphatic carbocycles. The summed E-state index contributed by atoms with van der Waals surface area (Å²) in [5.41, 5.74) is 0. The lowest BCUT2D eigenvalue weighted by Crippen LogP contribution is -2.29. The Hall–Kier alpha value is -1.85. The largest absolute Gasteiger partial charge is 0.550 e. The van der Waals surface area contributed by atoms with E-state index < -0.39 is 11.9 Å². The Bertz CT molecular complexity index is 338. The summed E-state index contributed by atoms with van der Waals surface area (Å²) in [5, 5.41) is 16.3. The maximum atomic E-state index is 9.00. The van der Waals surface area contributed by atoms with Crippen LogP contribution in [0.25, 0.3) is 0 Å². The Morgan fingerprint density at radius 2 is 1.82 bits per heavy atom. The van der Waals surface area contributed by atoms with Gasteiger partial charge >= 0.3 is 0 Å². The highest BCUT2D eigenvalue weighted by Crippen LogP contribution is 1.89. The number of carboxylic acid groups (broad SMARTS) is 2. The smallest absolute Gasteiger partial charge is 0.300 e. The van der Waals surface area contributed by atoms with Crippen molar-refractivity contribution < 1.29 is 24.4 Å². The molecule has 1 rings (SSSR count). The summed E-state index contributed by atoms with van der Waals surface area (Å²) in [4.78, 5) is 17.9. The molecule has 0 spiro atoms. The van der Waals surface area contributed by atoms with Gasteiger partial charge in [-0.1, -0.05) is 0 Å². The van der Waals surface area contributed by atoms with Crippen LogP contribution < -0.4 is 9.67 Å². The summed E-state index contributed by atoms with van der Waals surface area (Å²) in [6, 6.07) is 0. The first kappa shape index (κ1) is 17.5. The molecule has 0 aliphatic rings. The molecule has 6 nitrogen and oxygen atoms in total. The number of aliphatic carboxylic acids is 2. The summed E-state index contributed by atoms with van der Waals surface area (Å²) in [6.45, 7) is 7.38. The van der Waals surface area contributed by atoms with Gasteiger partial charge in [0.05, 0.1) is 13.6 Å². The first-order chi connectivity index (χ1) is 7.72. The van der Waals surface area contributed by atoms with Crippen molar-refractivity contribution >= 4 is 11.9 Å². The molecule has 0 radical (unpaired) electrons. The topological polar surface area (TPSA) is 86.2 Å². The van der Waals surface area contributed by atoms with Crippen molar-refractivity contribution in [3.63, 3.8) is 0 Å². The number of carbonyl (C=O) groups excluding carboxylic acids is 1. The lowest BCUT2D eigenvalue weighted by molar-refractivity contribution is -0.677. The van der Waals surface area contributed by atoms with Crippen LogP contribution >= 0.6 is 0 Å². The minimum atomic E-state index is -1.08. The van der Waals surface area contributed by atoms with E-state index in [1.54, 1.807) is 0 Å². The molecule has 0 saturated heterocycles. The average molecular weight is 244 g/mol. The van der Waals surface area contributed by atoms with Crippen LogP contribution in [0.1, 0.15) is 26.6 Å². The van der Waals surface area contributed by atoms with Gasteiger partial charge in [-0.15, -0.1) is 0 Å². The summed E-state index contributed by atoms with van der Waals surface area (Å²) in [5.74, 6) is -0.613. The van der Waals surface area contributed by atoms with E-state index in [4.69, 9.17) is 19.8 Å². The minimum absolute atomic E-state index is 0.833. The molecule has 0 atom stereocenters. The van der Waals surface area contributed by atoms with E-state index >= 15 is 0 Å². The summed E-state index contributed by atoms with van der Waals surface area (Å²) in [7, 11) is 2.06. The monoisotopic (exact) mass is 244 g/mol. The first-order valence-corrected chi connectivity index (χ1v) is 5.10. The Kier molecular flexibility index (Phi) is 9.68. The van der Waals surface area contributed by atoms with E-state index in [9.17, 15) is 0 Å². The number of carbonyl (C=O) groups is 2. The Morgan fingerprint density at radius 1 is 1.47 bits per heavy atom. The van der Waals surface area contributed by atoms with Gasteiger partial charge in [-0.3, -0.25) is 4.79 Å². The summed E-state index contributed by atoms with van der Waals surface area (Å²) in [6.07, 6.45) is 4.16. The van der Waals surface area contributed by atoms with Crippen LogP contribution in [0.5, 0.6) is 0 Å². The zero-order valence-electron chi connectivity index (χ0n) is 10.9. The normalized spacial score (nSPS) is 8.29. The Morgan fingerprint density at radius 3 is 1.94 bits per heavy atom. The van der Waals surface area contributed by atoms with Gasteiger partial charge in [-0.2, -0.15) is 0 Å². The molecule has 0 aliphatic heterocycles. The molecule has 1 heterocycles. The number of nitrogens with zero attached hydrogens (tertiary/aromatic N) is 2. The van der Waals surface area contributed by atoms with Crippen LogP contribution in [0.2, 0.25) is 0 Å². The maximum absolute atomic E-state index is 9.00. The van der Waals surface area contributed by atoms with Crippen LogP contribution in [-0.2, 0) is 23.2 Å². The van der Waals surface area contributed by atoms with E-state index in [0.29, 0.717) is 0 Å². The zero-order valence-corrected chi connectivity index (χ0v) is 10.9. The van der Waals surface area contributed by atoms with Gasteiger partial charge in [0.25, 0.3) is 11.8 Å². The second kappa shape index (κ2) is 9.38. The molecule has 17 heavy (non-hydrogen) atoms. The van der Waals surface area contributed by atoms with Gasteiger partial charge < -0.3 is 15.0 Å². The predicted molar refractivity (Wildman–Crippen MR) is 60.0 cm³/mol. The second-order valence-electron chi connectivity index (χ2n) is 3.25. The van der Waals surface area contributed by atoms with Crippen molar-refractivity contribution in [2.75, 3.05) is 0 Å². The van der Waals surface area contributed by atoms with Crippen LogP contribution in [0.4, 0.5) is 0 Å². The number of aryl methyl sites for hydroxylation is 2. The molecule has 6 heteroatoms. The molecule has 0 bridgehead atoms. The number of imidazole rings is 1. The number of carboxylic acids is 2. The molecule has 1 aromatic heterocycles. The van der Waals surface area contributed by atoms with Gasteiger partial charge in [-0.05, 0) is 13.8 Å². The molecular weight excluding hydrogens is 224 g/mol. The van der Waals surface area contributed by atoms with Crippen LogP contribution in [0, 0.1) is 6.92 Å². The molecule has 0 saturated carbocycles. The highest BCUT2D eigenvalue weighted by molar-refractivity contribution is 5.63. The van der Waals surface area contributed by atoms with Gasteiger partial charge in [0.1, 0.15) is 12.4 Å². The molecule has 98 valence electrons. The fourth-order valence-corrected chi connectivity index (χ4v) is 0.933. The molecule has 0 aromatic carbocycles. The Labute approximate surface area is 101 Å². The van der Waals surface area contributed by atoms with Gasteiger partial charge in [0.15, 0.2) is 0 Å². The highest BCUT2D eigenvalue weighted by Gasteiger charge is 2.03. The number of hydrogen-bond donors (Lipinski definition) is 1. The van der Waals surface area contributed by atoms with E-state index in [-0.39, 0.29) is 0 Å². The zero-order chi connectivity index (χ0) is 14.0. The lowest BCUT2D eigenvalue weighted by atomic mass is 10.6. The first-order valence-electron chi connectivity index (χ1n) is 5.10. The predicted octanol–water partition coefficient (Wildman–Crippen LogP) is -0.512. The van der Waals surface area contributed by atoms with Gasteiger partial charge in [-0.25, -0.2) is 9.13 Å². The third-order valence-corrected chi connectivity index (χ3v) is 1.74. The van der Waals surface area contributed by atoms with Crippen molar-refractivity contribution in [2.45, 2.75) is 34.2 Å². The van der Waals surface area contributed by atoms with E-state index in [1.165, 1.54) is 5.82 Å². The van der Waals surface area contributed by atoms with Crippen molar-refractivity contribution in [2.24, 2.45) is 7.05 Å². The molecule has 0 fully saturated rings.